The summed E-state index contributed by atoms with van der Waals surface area (Å²) >= 11 is 6.16. The third kappa shape index (κ3) is 3.77. The fourth-order valence-electron chi connectivity index (χ4n) is 2.06. The Morgan fingerprint density at radius 3 is 2.27 bits per heavy atom. The molecule has 0 heterocycles. The summed E-state index contributed by atoms with van der Waals surface area (Å²) in [5.74, 6) is -0.0955. The predicted molar refractivity (Wildman–Crippen MR) is 93.7 cm³/mol. The van der Waals surface area contributed by atoms with Gasteiger partial charge >= 0.3 is 0 Å². The highest BCUT2D eigenvalue weighted by molar-refractivity contribution is 6.31. The second kappa shape index (κ2) is 6.95. The molecular weight excluding hydrogens is 298 g/mol. The number of benzene rings is 2. The molecule has 0 spiro atoms. The number of nitrogens with two attached hydrogens (primary N) is 2. The van der Waals surface area contributed by atoms with Crippen molar-refractivity contribution < 1.29 is 0 Å². The molecule has 22 heavy (non-hydrogen) atoms. The van der Waals surface area contributed by atoms with E-state index in [2.05, 4.69) is 10.2 Å². The molecule has 114 valence electrons. The van der Waals surface area contributed by atoms with E-state index in [-0.39, 0.29) is 5.96 Å². The van der Waals surface area contributed by atoms with Crippen molar-refractivity contribution in [1.29, 1.82) is 0 Å². The van der Waals surface area contributed by atoms with Crippen molar-refractivity contribution in [2.45, 2.75) is 0 Å². The molecule has 2 aromatic rings. The first-order valence-electron chi connectivity index (χ1n) is 6.68. The predicted octanol–water partition coefficient (Wildman–Crippen LogP) is 2.43. The fourth-order valence-corrected chi connectivity index (χ4v) is 2.23. The van der Waals surface area contributed by atoms with Gasteiger partial charge in [-0.15, -0.1) is 10.2 Å². The lowest BCUT2D eigenvalue weighted by molar-refractivity contribution is 1.12. The average Bonchev–Trinajstić information content (AvgIpc) is 2.48. The Labute approximate surface area is 134 Å². The zero-order valence-corrected chi connectivity index (χ0v) is 13.2. The Morgan fingerprint density at radius 2 is 1.68 bits per heavy atom. The highest BCUT2D eigenvalue weighted by Crippen LogP contribution is 2.26. The quantitative estimate of drug-likeness (QED) is 0.516. The first kappa shape index (κ1) is 15.9. The van der Waals surface area contributed by atoms with Crippen LogP contribution in [-0.2, 0) is 0 Å². The topological polar surface area (TPSA) is 80.0 Å². The third-order valence-corrected chi connectivity index (χ3v) is 3.24. The average molecular weight is 316 g/mol. The number of hydrogen-bond acceptors (Lipinski definition) is 3. The molecule has 0 amide bonds. The van der Waals surface area contributed by atoms with E-state index in [1.165, 1.54) is 0 Å². The van der Waals surface area contributed by atoms with Gasteiger partial charge in [-0.25, -0.2) is 0 Å². The first-order chi connectivity index (χ1) is 10.5. The van der Waals surface area contributed by atoms with E-state index in [0.717, 1.165) is 16.8 Å². The van der Waals surface area contributed by atoms with E-state index < -0.39 is 0 Å². The van der Waals surface area contributed by atoms with Gasteiger partial charge in [0, 0.05) is 35.9 Å². The van der Waals surface area contributed by atoms with Crippen LogP contribution in [0.4, 0.5) is 5.69 Å². The molecule has 2 aromatic carbocycles. The molecule has 4 N–H and O–H groups in total. The summed E-state index contributed by atoms with van der Waals surface area (Å²) in [6.45, 7) is 0. The van der Waals surface area contributed by atoms with Gasteiger partial charge in [-0.05, 0) is 18.2 Å². The maximum Gasteiger partial charge on any atom is 0.211 e. The number of anilines is 1. The van der Waals surface area contributed by atoms with E-state index in [9.17, 15) is 0 Å². The van der Waals surface area contributed by atoms with Gasteiger partial charge in [0.25, 0.3) is 0 Å². The Hall–Kier alpha value is -2.53. The Balaban J connectivity index is 2.68. The summed E-state index contributed by atoms with van der Waals surface area (Å²) in [6.07, 6.45) is 0. The lowest BCUT2D eigenvalue weighted by atomic mass is 10.0. The molecule has 0 saturated heterocycles. The number of nitrogens with zero attached hydrogens (tertiary/aromatic N) is 3. The van der Waals surface area contributed by atoms with Crippen LogP contribution in [0.5, 0.6) is 0 Å². The van der Waals surface area contributed by atoms with Gasteiger partial charge in [0.2, 0.25) is 5.96 Å². The molecule has 0 aliphatic heterocycles. The van der Waals surface area contributed by atoms with E-state index in [0.29, 0.717) is 10.7 Å². The second-order valence-corrected chi connectivity index (χ2v) is 5.33. The maximum absolute atomic E-state index is 6.16. The lowest BCUT2D eigenvalue weighted by Gasteiger charge is -2.18. The standard InChI is InChI=1S/C16H18ClN5/c1-22(2)14-9-8-12(17)10-13(14)15(20-21-16(18)19)11-6-4-3-5-7-11/h3-10H,1-2H3,(H4,18,19,21)/b20-15+. The van der Waals surface area contributed by atoms with Crippen LogP contribution in [0.1, 0.15) is 11.1 Å². The van der Waals surface area contributed by atoms with Crippen LogP contribution in [0.15, 0.2) is 58.7 Å². The largest absolute Gasteiger partial charge is 0.377 e. The zero-order valence-electron chi connectivity index (χ0n) is 12.5. The fraction of sp³-hybridized carbons (Fsp3) is 0.125. The minimum Gasteiger partial charge on any atom is -0.377 e. The summed E-state index contributed by atoms with van der Waals surface area (Å²) in [5, 5.41) is 8.64. The molecule has 0 aliphatic rings. The number of rotatable bonds is 4. The molecule has 0 bridgehead atoms. The van der Waals surface area contributed by atoms with Gasteiger partial charge in [0.1, 0.15) is 5.71 Å². The molecule has 2 rings (SSSR count). The van der Waals surface area contributed by atoms with Crippen LogP contribution in [0.2, 0.25) is 5.02 Å². The maximum atomic E-state index is 6.16. The van der Waals surface area contributed by atoms with Crippen LogP contribution in [0.25, 0.3) is 0 Å². The smallest absolute Gasteiger partial charge is 0.211 e. The third-order valence-electron chi connectivity index (χ3n) is 3.01. The van der Waals surface area contributed by atoms with Gasteiger partial charge in [-0.1, -0.05) is 41.9 Å². The zero-order chi connectivity index (χ0) is 16.1. The summed E-state index contributed by atoms with van der Waals surface area (Å²) in [5.41, 5.74) is 14.2. The molecule has 6 heteroatoms. The van der Waals surface area contributed by atoms with Crippen LogP contribution in [0, 0.1) is 0 Å². The first-order valence-corrected chi connectivity index (χ1v) is 7.06. The van der Waals surface area contributed by atoms with E-state index >= 15 is 0 Å². The van der Waals surface area contributed by atoms with Gasteiger partial charge in [-0.3, -0.25) is 0 Å². The highest BCUT2D eigenvalue weighted by atomic mass is 35.5. The molecule has 0 atom stereocenters. The van der Waals surface area contributed by atoms with Crippen LogP contribution in [-0.4, -0.2) is 25.8 Å². The van der Waals surface area contributed by atoms with Gasteiger partial charge in [0.15, 0.2) is 0 Å². The normalized spacial score (nSPS) is 11.1. The molecule has 5 nitrogen and oxygen atoms in total. The number of halogens is 1. The Kier molecular flexibility index (Phi) is 5.01. The Morgan fingerprint density at radius 1 is 1.00 bits per heavy atom. The summed E-state index contributed by atoms with van der Waals surface area (Å²) in [7, 11) is 3.91. The van der Waals surface area contributed by atoms with Gasteiger partial charge in [-0.2, -0.15) is 0 Å². The SMILES string of the molecule is CN(C)c1ccc(Cl)cc1/C(=N/N=C(N)N)c1ccccc1. The van der Waals surface area contributed by atoms with Gasteiger partial charge < -0.3 is 16.4 Å². The molecule has 0 fully saturated rings. The van der Waals surface area contributed by atoms with Crippen molar-refractivity contribution in [3.63, 3.8) is 0 Å². The minimum atomic E-state index is -0.0955. The molecule has 0 aromatic heterocycles. The van der Waals surface area contributed by atoms with E-state index in [4.69, 9.17) is 23.1 Å². The van der Waals surface area contributed by atoms with Crippen LogP contribution >= 0.6 is 11.6 Å². The monoisotopic (exact) mass is 315 g/mol. The summed E-state index contributed by atoms with van der Waals surface area (Å²) in [4.78, 5) is 1.99. The second-order valence-electron chi connectivity index (χ2n) is 4.90. The molecule has 0 saturated carbocycles. The molecular formula is C16H18ClN5. The van der Waals surface area contributed by atoms with E-state index in [1.807, 2.05) is 67.5 Å². The lowest BCUT2D eigenvalue weighted by Crippen LogP contribution is -2.22. The molecule has 0 radical (unpaired) electrons. The number of hydrogen-bond donors (Lipinski definition) is 2. The van der Waals surface area contributed by atoms with Crippen molar-refractivity contribution >= 4 is 29.0 Å². The summed E-state index contributed by atoms with van der Waals surface area (Å²) < 4.78 is 0. The van der Waals surface area contributed by atoms with Crippen LogP contribution < -0.4 is 16.4 Å². The van der Waals surface area contributed by atoms with Crippen molar-refractivity contribution in [1.82, 2.24) is 0 Å². The van der Waals surface area contributed by atoms with Crippen molar-refractivity contribution in [2.24, 2.45) is 21.7 Å². The van der Waals surface area contributed by atoms with Crippen molar-refractivity contribution in [3.8, 4) is 0 Å². The van der Waals surface area contributed by atoms with Crippen molar-refractivity contribution in [3.05, 3.63) is 64.7 Å². The van der Waals surface area contributed by atoms with E-state index in [1.54, 1.807) is 0 Å². The minimum absolute atomic E-state index is 0.0955. The Bertz CT molecular complexity index is 704. The summed E-state index contributed by atoms with van der Waals surface area (Å²) in [6, 6.07) is 15.3. The van der Waals surface area contributed by atoms with Crippen molar-refractivity contribution in [2.75, 3.05) is 19.0 Å². The number of guanidine groups is 1. The van der Waals surface area contributed by atoms with Gasteiger partial charge in [0.05, 0.1) is 0 Å². The van der Waals surface area contributed by atoms with Crippen LogP contribution in [0.3, 0.4) is 0 Å². The highest BCUT2D eigenvalue weighted by Gasteiger charge is 2.14. The molecule has 0 aliphatic carbocycles. The molecule has 0 unspecified atom stereocenters.